The third-order valence-corrected chi connectivity index (χ3v) is 7.22. The van der Waals surface area contributed by atoms with Gasteiger partial charge >= 0.3 is 5.97 Å². The average molecular weight is 583 g/mol. The number of carbonyl (C=O) groups excluding carboxylic acids is 1. The van der Waals surface area contributed by atoms with Crippen molar-refractivity contribution in [3.05, 3.63) is 47.5 Å². The van der Waals surface area contributed by atoms with Gasteiger partial charge in [0.15, 0.2) is 17.7 Å². The summed E-state index contributed by atoms with van der Waals surface area (Å²) in [5.74, 6) is 1.17. The highest BCUT2D eigenvalue weighted by molar-refractivity contribution is 5.77. The topological polar surface area (TPSA) is 124 Å². The second-order valence-electron chi connectivity index (χ2n) is 10.9. The van der Waals surface area contributed by atoms with Crippen LogP contribution in [0.3, 0.4) is 0 Å². The molecule has 3 aromatic rings. The van der Waals surface area contributed by atoms with Gasteiger partial charge in [-0.15, -0.1) is 25.2 Å². The molecule has 0 bridgehead atoms. The smallest absolute Gasteiger partial charge is 0.337 e. The fourth-order valence-electron chi connectivity index (χ4n) is 4.81. The van der Waals surface area contributed by atoms with E-state index < -0.39 is 6.04 Å². The number of hydrogen-bond acceptors (Lipinski definition) is 8. The standard InChI is InChI=1S/C21H32N4O2.C11H22N4/c1-3-5-6-7-8-9-10-14-17-19-22-24-25(23-19)20(21(26)27-4-2)18-15-12-11-13-16-18;1-2-3-4-5-6-7-8-9-10-11-12-14-15-13-11/h11-13,15-16,20H,3-10,14,17H2,1-2H3;2-10H2,1H3,(H,12,13,14,15). The summed E-state index contributed by atoms with van der Waals surface area (Å²) in [5.41, 5.74) is 0.798. The lowest BCUT2D eigenvalue weighted by atomic mass is 10.1. The van der Waals surface area contributed by atoms with Crippen LogP contribution in [0, 0.1) is 0 Å². The molecule has 42 heavy (non-hydrogen) atoms. The molecule has 1 unspecified atom stereocenters. The van der Waals surface area contributed by atoms with Crippen molar-refractivity contribution < 1.29 is 9.53 Å². The molecule has 0 amide bonds. The van der Waals surface area contributed by atoms with Crippen molar-refractivity contribution in [2.45, 2.75) is 142 Å². The van der Waals surface area contributed by atoms with E-state index in [0.717, 1.165) is 30.7 Å². The van der Waals surface area contributed by atoms with Crippen molar-refractivity contribution in [2.75, 3.05) is 6.61 Å². The number of tetrazole rings is 2. The van der Waals surface area contributed by atoms with E-state index in [1.54, 1.807) is 6.92 Å². The maximum Gasteiger partial charge on any atom is 0.337 e. The van der Waals surface area contributed by atoms with E-state index in [0.29, 0.717) is 12.4 Å². The first kappa shape index (κ1) is 35.0. The second kappa shape index (κ2) is 23.4. The van der Waals surface area contributed by atoms with Crippen LogP contribution in [-0.4, -0.2) is 53.4 Å². The number of carbonyl (C=O) groups is 1. The monoisotopic (exact) mass is 582 g/mol. The van der Waals surface area contributed by atoms with E-state index in [-0.39, 0.29) is 5.97 Å². The Kier molecular flexibility index (Phi) is 19.5. The van der Waals surface area contributed by atoms with Crippen LogP contribution in [0.4, 0.5) is 0 Å². The molecule has 234 valence electrons. The van der Waals surface area contributed by atoms with E-state index in [2.05, 4.69) is 49.9 Å². The molecule has 10 nitrogen and oxygen atoms in total. The van der Waals surface area contributed by atoms with E-state index in [4.69, 9.17) is 4.74 Å². The number of rotatable bonds is 22. The Hall–Kier alpha value is -3.17. The third-order valence-electron chi connectivity index (χ3n) is 7.22. The number of aromatic amines is 1. The number of aryl methyl sites for hydroxylation is 2. The zero-order valence-corrected chi connectivity index (χ0v) is 26.3. The summed E-state index contributed by atoms with van der Waals surface area (Å²) < 4.78 is 5.21. The lowest BCUT2D eigenvalue weighted by Gasteiger charge is -2.14. The molecular weight excluding hydrogens is 528 g/mol. The van der Waals surface area contributed by atoms with Crippen LogP contribution in [0.2, 0.25) is 0 Å². The van der Waals surface area contributed by atoms with Crippen LogP contribution in [-0.2, 0) is 22.4 Å². The van der Waals surface area contributed by atoms with Gasteiger partial charge in [0.2, 0.25) is 0 Å². The molecule has 0 aliphatic rings. The van der Waals surface area contributed by atoms with Crippen molar-refractivity contribution >= 4 is 5.97 Å². The van der Waals surface area contributed by atoms with Gasteiger partial charge in [0.1, 0.15) is 0 Å². The number of hydrogen-bond donors (Lipinski definition) is 1. The van der Waals surface area contributed by atoms with Gasteiger partial charge in [-0.05, 0) is 30.5 Å². The molecule has 0 fully saturated rings. The third kappa shape index (κ3) is 15.2. The highest BCUT2D eigenvalue weighted by atomic mass is 16.5. The first-order valence-electron chi connectivity index (χ1n) is 16.4. The van der Waals surface area contributed by atoms with E-state index in [9.17, 15) is 4.79 Å². The van der Waals surface area contributed by atoms with Crippen molar-refractivity contribution in [1.82, 2.24) is 40.8 Å². The molecule has 1 N–H and O–H groups in total. The van der Waals surface area contributed by atoms with Gasteiger partial charge in [-0.2, -0.15) is 5.21 Å². The lowest BCUT2D eigenvalue weighted by molar-refractivity contribution is -0.146. The SMILES string of the molecule is CCCCCCCCCCc1nn[nH]n1.CCCCCCCCCCc1nnn(C(C(=O)OCC)c2ccccc2)n1. The summed E-state index contributed by atoms with van der Waals surface area (Å²) in [6, 6.07) is 8.76. The van der Waals surface area contributed by atoms with Gasteiger partial charge in [0.05, 0.1) is 6.61 Å². The Bertz CT molecular complexity index is 1030. The molecule has 2 heterocycles. The van der Waals surface area contributed by atoms with Gasteiger partial charge in [-0.3, -0.25) is 0 Å². The highest BCUT2D eigenvalue weighted by Crippen LogP contribution is 2.18. The Labute approximate surface area is 252 Å². The van der Waals surface area contributed by atoms with Crippen LogP contribution in [0.25, 0.3) is 0 Å². The molecule has 1 atom stereocenters. The molecular formula is C32H54N8O2. The van der Waals surface area contributed by atoms with Crippen molar-refractivity contribution in [3.8, 4) is 0 Å². The lowest BCUT2D eigenvalue weighted by Crippen LogP contribution is -2.25. The molecule has 3 rings (SSSR count). The van der Waals surface area contributed by atoms with Crippen LogP contribution in [0.1, 0.15) is 147 Å². The first-order valence-corrected chi connectivity index (χ1v) is 16.4. The molecule has 1 aromatic carbocycles. The molecule has 10 heteroatoms. The summed E-state index contributed by atoms with van der Waals surface area (Å²) in [6.45, 7) is 6.61. The Morgan fingerprint density at radius 2 is 1.29 bits per heavy atom. The van der Waals surface area contributed by atoms with Crippen molar-refractivity contribution in [3.63, 3.8) is 0 Å². The van der Waals surface area contributed by atoms with Crippen LogP contribution < -0.4 is 0 Å². The number of nitrogens with one attached hydrogen (secondary N) is 1. The molecule has 2 aromatic heterocycles. The van der Waals surface area contributed by atoms with Gasteiger partial charge in [-0.1, -0.05) is 139 Å². The average Bonchev–Trinajstić information content (AvgIpc) is 3.70. The maximum atomic E-state index is 12.4. The zero-order chi connectivity index (χ0) is 30.1. The Balaban J connectivity index is 0.000000347. The summed E-state index contributed by atoms with van der Waals surface area (Å²) in [5, 5.41) is 26.6. The number of ether oxygens (including phenoxy) is 1. The number of H-pyrrole nitrogens is 1. The molecule has 0 aliphatic heterocycles. The van der Waals surface area contributed by atoms with Gasteiger partial charge in [-0.25, -0.2) is 4.79 Å². The summed E-state index contributed by atoms with van der Waals surface area (Å²) in [6.07, 6.45) is 22.6. The largest absolute Gasteiger partial charge is 0.464 e. The summed E-state index contributed by atoms with van der Waals surface area (Å²) >= 11 is 0. The predicted octanol–water partition coefficient (Wildman–Crippen LogP) is 7.39. The highest BCUT2D eigenvalue weighted by Gasteiger charge is 2.26. The van der Waals surface area contributed by atoms with Gasteiger partial charge < -0.3 is 4.74 Å². The number of esters is 1. The fraction of sp³-hybridized carbons (Fsp3) is 0.719. The van der Waals surface area contributed by atoms with Crippen LogP contribution in [0.5, 0.6) is 0 Å². The van der Waals surface area contributed by atoms with E-state index >= 15 is 0 Å². The molecule has 0 radical (unpaired) electrons. The normalized spacial score (nSPS) is 11.6. The molecule has 0 saturated heterocycles. The van der Waals surface area contributed by atoms with Gasteiger partial charge in [0, 0.05) is 12.8 Å². The first-order chi connectivity index (χ1) is 20.7. The molecule has 0 aliphatic carbocycles. The fourth-order valence-corrected chi connectivity index (χ4v) is 4.81. The number of nitrogens with zero attached hydrogens (tertiary/aromatic N) is 7. The Morgan fingerprint density at radius 1 is 0.738 bits per heavy atom. The number of benzene rings is 1. The number of aromatic nitrogens is 8. The quantitative estimate of drug-likeness (QED) is 0.0960. The minimum atomic E-state index is -0.689. The zero-order valence-electron chi connectivity index (χ0n) is 26.3. The molecule has 0 saturated carbocycles. The summed E-state index contributed by atoms with van der Waals surface area (Å²) in [4.78, 5) is 13.8. The maximum absolute atomic E-state index is 12.4. The van der Waals surface area contributed by atoms with Gasteiger partial charge in [0.25, 0.3) is 0 Å². The van der Waals surface area contributed by atoms with E-state index in [1.165, 1.54) is 101 Å². The Morgan fingerprint density at radius 3 is 1.81 bits per heavy atom. The predicted molar refractivity (Wildman–Crippen MR) is 166 cm³/mol. The van der Waals surface area contributed by atoms with E-state index in [1.807, 2.05) is 30.3 Å². The second-order valence-corrected chi connectivity index (χ2v) is 10.9. The van der Waals surface area contributed by atoms with Crippen LogP contribution >= 0.6 is 0 Å². The number of unbranched alkanes of at least 4 members (excludes halogenated alkanes) is 14. The van der Waals surface area contributed by atoms with Crippen LogP contribution in [0.15, 0.2) is 30.3 Å². The van der Waals surface area contributed by atoms with Crippen molar-refractivity contribution in [2.24, 2.45) is 0 Å². The van der Waals surface area contributed by atoms with Crippen molar-refractivity contribution in [1.29, 1.82) is 0 Å². The minimum Gasteiger partial charge on any atom is -0.464 e. The minimum absolute atomic E-state index is 0.321. The summed E-state index contributed by atoms with van der Waals surface area (Å²) in [7, 11) is 0. The molecule has 0 spiro atoms.